The lowest BCUT2D eigenvalue weighted by Gasteiger charge is -2.15. The van der Waals surface area contributed by atoms with Crippen LogP contribution < -0.4 is 14.4 Å². The summed E-state index contributed by atoms with van der Waals surface area (Å²) in [5, 5.41) is 2.03. The highest BCUT2D eigenvalue weighted by atomic mass is 79.9. The molecule has 0 unspecified atom stereocenters. The fraction of sp³-hybridized carbons (Fsp3) is 0.0667. The van der Waals surface area contributed by atoms with Gasteiger partial charge in [0.15, 0.2) is 16.7 Å². The second kappa shape index (κ2) is 12.7. The number of thioether (sulfide) groups is 1. The van der Waals surface area contributed by atoms with E-state index in [4.69, 9.17) is 49.3 Å². The van der Waals surface area contributed by atoms with Crippen molar-refractivity contribution >= 4 is 91.0 Å². The zero-order valence-electron chi connectivity index (χ0n) is 20.9. The van der Waals surface area contributed by atoms with Gasteiger partial charge in [0.2, 0.25) is 0 Å². The third-order valence-corrected chi connectivity index (χ3v) is 8.07. The maximum absolute atomic E-state index is 13.6. The Kier molecular flexibility index (Phi) is 9.08. The zero-order valence-corrected chi connectivity index (χ0v) is 25.6. The van der Waals surface area contributed by atoms with Crippen LogP contribution in [0.2, 0.25) is 15.1 Å². The normalized spacial score (nSPS) is 15.2. The molecule has 0 aromatic heterocycles. The molecule has 1 aliphatic heterocycles. The van der Waals surface area contributed by atoms with E-state index in [9.17, 15) is 4.79 Å². The average Bonchev–Trinajstić information content (AvgIpc) is 3.24. The van der Waals surface area contributed by atoms with Crippen LogP contribution in [0.5, 0.6) is 11.5 Å². The van der Waals surface area contributed by atoms with Crippen LogP contribution >= 0.6 is 62.5 Å². The fourth-order valence-electron chi connectivity index (χ4n) is 3.84. The molecule has 0 N–H and O–H groups in total. The highest BCUT2D eigenvalue weighted by Crippen LogP contribution is 2.41. The van der Waals surface area contributed by atoms with Gasteiger partial charge in [0, 0.05) is 14.5 Å². The Hall–Kier alpha value is -2.94. The van der Waals surface area contributed by atoms with Crippen LogP contribution in [0.4, 0.5) is 11.4 Å². The minimum absolute atomic E-state index is 0.231. The number of methoxy groups -OCH3 is 1. The van der Waals surface area contributed by atoms with E-state index in [-0.39, 0.29) is 5.91 Å². The van der Waals surface area contributed by atoms with Crippen LogP contribution in [0.25, 0.3) is 6.08 Å². The summed E-state index contributed by atoms with van der Waals surface area (Å²) in [5.41, 5.74) is 2.97. The van der Waals surface area contributed by atoms with Crippen molar-refractivity contribution < 1.29 is 14.3 Å². The second-order valence-electron chi connectivity index (χ2n) is 8.55. The van der Waals surface area contributed by atoms with Crippen molar-refractivity contribution in [3.05, 3.63) is 121 Å². The van der Waals surface area contributed by atoms with Gasteiger partial charge in [0.05, 0.1) is 28.4 Å². The number of carbonyl (C=O) groups is 1. The molecule has 1 aliphatic rings. The van der Waals surface area contributed by atoms with Gasteiger partial charge in [-0.1, -0.05) is 62.9 Å². The number of amides is 1. The molecular weight excluding hydrogens is 655 g/mol. The van der Waals surface area contributed by atoms with Crippen LogP contribution in [0.1, 0.15) is 11.1 Å². The molecule has 40 heavy (non-hydrogen) atoms. The smallest absolute Gasteiger partial charge is 0.271 e. The molecule has 4 aromatic rings. The number of hydrogen-bond acceptors (Lipinski definition) is 5. The molecule has 1 fully saturated rings. The second-order valence-corrected chi connectivity index (χ2v) is 11.8. The minimum atomic E-state index is -0.231. The summed E-state index contributed by atoms with van der Waals surface area (Å²) >= 11 is 23.4. The first-order valence-electron chi connectivity index (χ1n) is 11.9. The quantitative estimate of drug-likeness (QED) is 0.183. The summed E-state index contributed by atoms with van der Waals surface area (Å²) in [7, 11) is 1.55. The van der Waals surface area contributed by atoms with E-state index in [2.05, 4.69) is 15.9 Å². The Morgan fingerprint density at radius 3 is 2.23 bits per heavy atom. The van der Waals surface area contributed by atoms with Gasteiger partial charge in [-0.15, -0.1) is 0 Å². The lowest BCUT2D eigenvalue weighted by atomic mass is 10.1. The molecule has 202 valence electrons. The van der Waals surface area contributed by atoms with Gasteiger partial charge < -0.3 is 9.47 Å². The molecule has 0 radical (unpaired) electrons. The monoisotopic (exact) mass is 672 g/mol. The van der Waals surface area contributed by atoms with Gasteiger partial charge >= 0.3 is 0 Å². The Labute approximate surface area is 259 Å². The molecule has 1 amide bonds. The molecule has 5 rings (SSSR count). The number of nitrogens with zero attached hydrogens (tertiary/aromatic N) is 2. The molecule has 0 spiro atoms. The number of halogens is 4. The maximum atomic E-state index is 13.6. The van der Waals surface area contributed by atoms with E-state index in [1.54, 1.807) is 78.7 Å². The van der Waals surface area contributed by atoms with Crippen molar-refractivity contribution in [2.45, 2.75) is 6.61 Å². The summed E-state index contributed by atoms with van der Waals surface area (Å²) in [6.07, 6.45) is 1.76. The highest BCUT2D eigenvalue weighted by molar-refractivity contribution is 9.10. The van der Waals surface area contributed by atoms with Crippen molar-refractivity contribution in [2.24, 2.45) is 4.99 Å². The van der Waals surface area contributed by atoms with Gasteiger partial charge in [-0.05, 0) is 102 Å². The predicted molar refractivity (Wildman–Crippen MR) is 170 cm³/mol. The number of aliphatic imine (C=N–C) groups is 1. The van der Waals surface area contributed by atoms with Crippen LogP contribution in [-0.2, 0) is 11.4 Å². The lowest BCUT2D eigenvalue weighted by Crippen LogP contribution is -2.28. The van der Waals surface area contributed by atoms with Gasteiger partial charge in [-0.25, -0.2) is 4.99 Å². The van der Waals surface area contributed by atoms with Gasteiger partial charge in [-0.3, -0.25) is 9.69 Å². The molecule has 0 atom stereocenters. The first-order chi connectivity index (χ1) is 19.3. The standard InChI is InChI=1S/C30H20BrCl3N2O3S/c1-38-26-15-19(14-25(34)28(26)39-17-18-2-4-20(31)5-3-18)16-27-29(37)36(24-12-8-22(33)9-13-24)30(40-27)35-23-10-6-21(32)7-11-23/h2-16H,17H2,1H3/b27-16-,35-30?. The molecule has 10 heteroatoms. The first-order valence-corrected chi connectivity index (χ1v) is 14.6. The van der Waals surface area contributed by atoms with E-state index in [1.807, 2.05) is 24.3 Å². The number of anilines is 1. The average molecular weight is 675 g/mol. The number of carbonyl (C=O) groups excluding carboxylic acids is 1. The molecule has 0 saturated carbocycles. The highest BCUT2D eigenvalue weighted by Gasteiger charge is 2.35. The zero-order chi connectivity index (χ0) is 28.2. The van der Waals surface area contributed by atoms with Gasteiger partial charge in [0.1, 0.15) is 6.61 Å². The van der Waals surface area contributed by atoms with E-state index in [0.717, 1.165) is 10.0 Å². The van der Waals surface area contributed by atoms with Crippen molar-refractivity contribution in [1.82, 2.24) is 0 Å². The Bertz CT molecular complexity index is 1610. The van der Waals surface area contributed by atoms with Crippen LogP contribution in [0, 0.1) is 0 Å². The summed E-state index contributed by atoms with van der Waals surface area (Å²) in [4.78, 5) is 20.4. The number of ether oxygens (including phenoxy) is 2. The van der Waals surface area contributed by atoms with E-state index in [1.165, 1.54) is 11.8 Å². The van der Waals surface area contributed by atoms with Crippen LogP contribution in [0.15, 0.2) is 99.3 Å². The van der Waals surface area contributed by atoms with Crippen molar-refractivity contribution in [3.8, 4) is 11.5 Å². The fourth-order valence-corrected chi connectivity index (χ4v) is 5.63. The molecule has 5 nitrogen and oxygen atoms in total. The molecular formula is C30H20BrCl3N2O3S. The summed E-state index contributed by atoms with van der Waals surface area (Å²) in [6, 6.07) is 25.4. The number of rotatable bonds is 7. The lowest BCUT2D eigenvalue weighted by molar-refractivity contribution is -0.113. The van der Waals surface area contributed by atoms with E-state index in [0.29, 0.717) is 60.2 Å². The Morgan fingerprint density at radius 2 is 1.57 bits per heavy atom. The maximum Gasteiger partial charge on any atom is 0.271 e. The minimum Gasteiger partial charge on any atom is -0.493 e. The van der Waals surface area contributed by atoms with Crippen molar-refractivity contribution in [2.75, 3.05) is 12.0 Å². The third-order valence-electron chi connectivity index (χ3n) is 5.79. The van der Waals surface area contributed by atoms with Gasteiger partial charge in [0.25, 0.3) is 5.91 Å². The molecule has 0 aliphatic carbocycles. The molecule has 4 aromatic carbocycles. The van der Waals surface area contributed by atoms with E-state index >= 15 is 0 Å². The van der Waals surface area contributed by atoms with Crippen LogP contribution in [-0.4, -0.2) is 18.2 Å². The Morgan fingerprint density at radius 1 is 0.925 bits per heavy atom. The number of amidine groups is 1. The molecule has 1 saturated heterocycles. The predicted octanol–water partition coefficient (Wildman–Crippen LogP) is 9.81. The number of benzene rings is 4. The van der Waals surface area contributed by atoms with Crippen molar-refractivity contribution in [3.63, 3.8) is 0 Å². The largest absolute Gasteiger partial charge is 0.493 e. The SMILES string of the molecule is COc1cc(/C=C2\SC(=Nc3ccc(Cl)cc3)N(c3ccc(Cl)cc3)C2=O)cc(Cl)c1OCc1ccc(Br)cc1. The third kappa shape index (κ3) is 6.67. The topological polar surface area (TPSA) is 51.1 Å². The van der Waals surface area contributed by atoms with E-state index < -0.39 is 0 Å². The summed E-state index contributed by atoms with van der Waals surface area (Å²) < 4.78 is 12.6. The molecule has 0 bridgehead atoms. The van der Waals surface area contributed by atoms with Crippen LogP contribution in [0.3, 0.4) is 0 Å². The van der Waals surface area contributed by atoms with Crippen molar-refractivity contribution in [1.29, 1.82) is 0 Å². The molecule has 1 heterocycles. The summed E-state index contributed by atoms with van der Waals surface area (Å²) in [6.45, 7) is 0.318. The first kappa shape index (κ1) is 28.6. The number of hydrogen-bond donors (Lipinski definition) is 0. The summed E-state index contributed by atoms with van der Waals surface area (Å²) in [5.74, 6) is 0.648. The Balaban J connectivity index is 1.46. The van der Waals surface area contributed by atoms with Gasteiger partial charge in [-0.2, -0.15) is 0 Å².